The average Bonchev–Trinajstić information content (AvgIpc) is 2.97. The number of anilines is 1. The lowest BCUT2D eigenvalue weighted by atomic mass is 9.88. The van der Waals surface area contributed by atoms with Gasteiger partial charge in [0.15, 0.2) is 5.11 Å². The molecule has 0 saturated carbocycles. The minimum atomic E-state index is -0.482. The smallest absolute Gasteiger partial charge is 0.261 e. The van der Waals surface area contributed by atoms with E-state index in [1.807, 2.05) is 13.0 Å². The van der Waals surface area contributed by atoms with Gasteiger partial charge in [-0.15, -0.1) is 11.3 Å². The lowest BCUT2D eigenvalue weighted by molar-refractivity contribution is 0.0972. The van der Waals surface area contributed by atoms with E-state index in [0.29, 0.717) is 27.8 Å². The van der Waals surface area contributed by atoms with Crippen LogP contribution in [-0.2, 0) is 12.8 Å². The first kappa shape index (κ1) is 20.3. The highest BCUT2D eigenvalue weighted by atomic mass is 32.1. The Labute approximate surface area is 173 Å². The van der Waals surface area contributed by atoms with Crippen molar-refractivity contribution in [2.24, 2.45) is 11.7 Å². The van der Waals surface area contributed by atoms with Gasteiger partial charge in [-0.2, -0.15) is 0 Å². The fourth-order valence-electron chi connectivity index (χ4n) is 3.51. The third kappa shape index (κ3) is 4.02. The van der Waals surface area contributed by atoms with Crippen molar-refractivity contribution in [1.82, 2.24) is 5.32 Å². The van der Waals surface area contributed by atoms with Crippen molar-refractivity contribution in [3.05, 3.63) is 45.3 Å². The Morgan fingerprint density at radius 2 is 2.11 bits per heavy atom. The molecule has 0 aliphatic heterocycles. The number of fused-ring (bicyclic) bond motifs is 1. The number of methoxy groups -OCH3 is 1. The predicted octanol–water partition coefficient (Wildman–Crippen LogP) is 3.42. The summed E-state index contributed by atoms with van der Waals surface area (Å²) in [5, 5.41) is 6.36. The third-order valence-electron chi connectivity index (χ3n) is 4.87. The van der Waals surface area contributed by atoms with Crippen LogP contribution in [0.15, 0.2) is 18.2 Å². The molecule has 0 spiro atoms. The lowest BCUT2D eigenvalue weighted by Crippen LogP contribution is -2.34. The van der Waals surface area contributed by atoms with E-state index < -0.39 is 5.91 Å². The van der Waals surface area contributed by atoms with Crippen LogP contribution >= 0.6 is 23.6 Å². The minimum absolute atomic E-state index is 0.114. The number of rotatable bonds is 4. The Hall–Kier alpha value is -2.45. The highest BCUT2D eigenvalue weighted by molar-refractivity contribution is 7.80. The normalized spacial score (nSPS) is 15.5. The van der Waals surface area contributed by atoms with Crippen LogP contribution in [0.1, 0.15) is 50.1 Å². The minimum Gasteiger partial charge on any atom is -0.496 e. The van der Waals surface area contributed by atoms with Crippen LogP contribution < -0.4 is 21.1 Å². The molecule has 0 radical (unpaired) electrons. The zero-order valence-electron chi connectivity index (χ0n) is 16.0. The fourth-order valence-corrected chi connectivity index (χ4v) is 5.19. The van der Waals surface area contributed by atoms with Crippen LogP contribution in [0.4, 0.5) is 5.00 Å². The van der Waals surface area contributed by atoms with Crippen molar-refractivity contribution >= 4 is 45.5 Å². The highest BCUT2D eigenvalue weighted by Gasteiger charge is 2.27. The van der Waals surface area contributed by atoms with Crippen molar-refractivity contribution in [2.75, 3.05) is 12.4 Å². The van der Waals surface area contributed by atoms with Crippen LogP contribution in [0.25, 0.3) is 0 Å². The van der Waals surface area contributed by atoms with Gasteiger partial charge >= 0.3 is 0 Å². The van der Waals surface area contributed by atoms with Crippen LogP contribution in [-0.4, -0.2) is 24.0 Å². The molecule has 1 aliphatic carbocycles. The second kappa shape index (κ2) is 8.28. The maximum atomic E-state index is 12.6. The highest BCUT2D eigenvalue weighted by Crippen LogP contribution is 2.39. The van der Waals surface area contributed by atoms with Crippen molar-refractivity contribution in [3.8, 4) is 5.75 Å². The zero-order valence-corrected chi connectivity index (χ0v) is 17.7. The van der Waals surface area contributed by atoms with Crippen molar-refractivity contribution in [1.29, 1.82) is 0 Å². The lowest BCUT2D eigenvalue weighted by Gasteiger charge is -2.18. The van der Waals surface area contributed by atoms with Crippen LogP contribution in [0.5, 0.6) is 5.75 Å². The van der Waals surface area contributed by atoms with Gasteiger partial charge in [0.2, 0.25) is 0 Å². The van der Waals surface area contributed by atoms with Gasteiger partial charge in [0, 0.05) is 4.88 Å². The monoisotopic (exact) mass is 417 g/mol. The molecule has 1 unspecified atom stereocenters. The van der Waals surface area contributed by atoms with Crippen molar-refractivity contribution < 1.29 is 14.3 Å². The molecule has 2 amide bonds. The maximum absolute atomic E-state index is 12.6. The van der Waals surface area contributed by atoms with E-state index >= 15 is 0 Å². The van der Waals surface area contributed by atoms with Crippen molar-refractivity contribution in [3.63, 3.8) is 0 Å². The molecule has 2 aromatic rings. The Morgan fingerprint density at radius 3 is 2.79 bits per heavy atom. The van der Waals surface area contributed by atoms with Gasteiger partial charge in [0.05, 0.1) is 18.2 Å². The third-order valence-corrected chi connectivity index (χ3v) is 6.25. The summed E-state index contributed by atoms with van der Waals surface area (Å²) in [6, 6.07) is 5.31. The Bertz CT molecular complexity index is 952. The molecular weight excluding hydrogens is 394 g/mol. The average molecular weight is 418 g/mol. The predicted molar refractivity (Wildman–Crippen MR) is 115 cm³/mol. The molecule has 0 bridgehead atoms. The summed E-state index contributed by atoms with van der Waals surface area (Å²) in [7, 11) is 1.52. The van der Waals surface area contributed by atoms with Gasteiger partial charge in [-0.1, -0.05) is 19.1 Å². The van der Waals surface area contributed by atoms with Gasteiger partial charge in [-0.3, -0.25) is 14.9 Å². The first-order chi connectivity index (χ1) is 13.3. The summed E-state index contributed by atoms with van der Waals surface area (Å²) < 4.78 is 5.33. The molecule has 6 nitrogen and oxygen atoms in total. The van der Waals surface area contributed by atoms with E-state index in [1.165, 1.54) is 18.4 Å². The molecule has 8 heteroatoms. The number of hydrogen-bond donors (Lipinski definition) is 3. The molecule has 28 heavy (non-hydrogen) atoms. The van der Waals surface area contributed by atoms with Crippen LogP contribution in [0.2, 0.25) is 0 Å². The number of nitrogens with one attached hydrogen (secondary N) is 2. The van der Waals surface area contributed by atoms with E-state index in [4.69, 9.17) is 22.7 Å². The number of aryl methyl sites for hydroxylation is 1. The quantitative estimate of drug-likeness (QED) is 0.663. The molecule has 0 fully saturated rings. The second-order valence-corrected chi connectivity index (χ2v) is 8.50. The number of carbonyl (C=O) groups is 2. The topological polar surface area (TPSA) is 93.4 Å². The number of primary amides is 1. The Morgan fingerprint density at radius 1 is 1.36 bits per heavy atom. The fraction of sp³-hybridized carbons (Fsp3) is 0.350. The molecular formula is C20H23N3O3S2. The summed E-state index contributed by atoms with van der Waals surface area (Å²) >= 11 is 6.79. The summed E-state index contributed by atoms with van der Waals surface area (Å²) in [6.07, 6.45) is 2.77. The number of carbonyl (C=O) groups excluding carboxylic acids is 2. The molecule has 1 atom stereocenters. The van der Waals surface area contributed by atoms with E-state index in [9.17, 15) is 9.59 Å². The van der Waals surface area contributed by atoms with Gasteiger partial charge in [-0.25, -0.2) is 0 Å². The van der Waals surface area contributed by atoms with Gasteiger partial charge in [0.25, 0.3) is 11.8 Å². The standard InChI is InChI=1S/C20H23N3O3S2/c1-10-7-8-12-14(9-10)28-19(15(12)17(21)24)23-20(27)22-18(25)13-6-4-5-11(2)16(13)26-3/h4-6,10H,7-9H2,1-3H3,(H2,21,24)(H2,22,23,25,27). The van der Waals surface area contributed by atoms with E-state index in [-0.39, 0.29) is 11.0 Å². The number of amides is 2. The first-order valence-corrected chi connectivity index (χ1v) is 10.2. The second-order valence-electron chi connectivity index (χ2n) is 6.98. The molecule has 1 heterocycles. The van der Waals surface area contributed by atoms with Gasteiger partial charge in [-0.05, 0) is 61.5 Å². The number of hydrogen-bond acceptors (Lipinski definition) is 5. The molecule has 1 aromatic heterocycles. The summed E-state index contributed by atoms with van der Waals surface area (Å²) in [5.41, 5.74) is 8.35. The van der Waals surface area contributed by atoms with Gasteiger partial charge in [0.1, 0.15) is 10.8 Å². The maximum Gasteiger partial charge on any atom is 0.261 e. The summed E-state index contributed by atoms with van der Waals surface area (Å²) in [5.74, 6) is 0.207. The molecule has 4 N–H and O–H groups in total. The number of thiophene rings is 1. The number of benzene rings is 1. The summed E-state index contributed by atoms with van der Waals surface area (Å²) in [4.78, 5) is 25.8. The molecule has 3 rings (SSSR count). The summed E-state index contributed by atoms with van der Waals surface area (Å²) in [6.45, 7) is 4.06. The Balaban J connectivity index is 1.80. The van der Waals surface area contributed by atoms with Crippen molar-refractivity contribution in [2.45, 2.75) is 33.1 Å². The SMILES string of the molecule is COc1c(C)cccc1C(=O)NC(=S)Nc1sc2c(c1C(N)=O)CCC(C)C2. The number of para-hydroxylation sites is 1. The molecule has 0 saturated heterocycles. The molecule has 1 aromatic carbocycles. The van der Waals surface area contributed by atoms with Crippen LogP contribution in [0, 0.1) is 12.8 Å². The number of thiocarbonyl (C=S) groups is 1. The van der Waals surface area contributed by atoms with E-state index in [2.05, 4.69) is 17.6 Å². The largest absolute Gasteiger partial charge is 0.496 e. The number of ether oxygens (including phenoxy) is 1. The van der Waals surface area contributed by atoms with Gasteiger partial charge < -0.3 is 15.8 Å². The van der Waals surface area contributed by atoms with E-state index in [0.717, 1.165) is 35.3 Å². The Kier molecular flexibility index (Phi) is 6.00. The number of nitrogens with two attached hydrogens (primary N) is 1. The molecule has 148 valence electrons. The zero-order chi connectivity index (χ0) is 20.4. The van der Waals surface area contributed by atoms with Crippen LogP contribution in [0.3, 0.4) is 0 Å². The first-order valence-electron chi connectivity index (χ1n) is 9.02. The molecule has 1 aliphatic rings. The van der Waals surface area contributed by atoms with E-state index in [1.54, 1.807) is 12.1 Å².